The van der Waals surface area contributed by atoms with Crippen LogP contribution in [0.4, 0.5) is 5.82 Å². The number of aromatic nitrogens is 2. The molecular formula is C13H20ClN3O2S2. The molecule has 2 heterocycles. The second-order valence-corrected chi connectivity index (χ2v) is 8.89. The lowest BCUT2D eigenvalue weighted by atomic mass is 10.2. The van der Waals surface area contributed by atoms with E-state index in [-0.39, 0.29) is 0 Å². The Morgan fingerprint density at radius 3 is 2.76 bits per heavy atom. The van der Waals surface area contributed by atoms with Crippen molar-refractivity contribution >= 4 is 39.0 Å². The Bertz CT molecular complexity index is 622. The van der Waals surface area contributed by atoms with Crippen molar-refractivity contribution in [2.24, 2.45) is 0 Å². The Kier molecular flexibility index (Phi) is 5.38. The van der Waals surface area contributed by atoms with Crippen LogP contribution < -0.4 is 4.90 Å². The van der Waals surface area contributed by atoms with Gasteiger partial charge in [0.2, 0.25) is 0 Å². The molecule has 0 spiro atoms. The van der Waals surface area contributed by atoms with Gasteiger partial charge in [-0.2, -0.15) is 11.8 Å². The van der Waals surface area contributed by atoms with Crippen LogP contribution in [0.5, 0.6) is 0 Å². The average Bonchev–Trinajstić information content (AvgIpc) is 2.42. The fraction of sp³-hybridized carbons (Fsp3) is 0.692. The van der Waals surface area contributed by atoms with Crippen molar-refractivity contribution in [1.29, 1.82) is 0 Å². The molecule has 0 aliphatic carbocycles. The largest absolute Gasteiger partial charge is 0.338 e. The van der Waals surface area contributed by atoms with Crippen LogP contribution >= 0.6 is 23.4 Å². The number of hydrogen-bond acceptors (Lipinski definition) is 6. The van der Waals surface area contributed by atoms with Crippen LogP contribution in [0.2, 0.25) is 5.15 Å². The first-order valence-electron chi connectivity index (χ1n) is 6.90. The second-order valence-electron chi connectivity index (χ2n) is 5.18. The highest BCUT2D eigenvalue weighted by Gasteiger charge is 2.33. The predicted molar refractivity (Wildman–Crippen MR) is 89.1 cm³/mol. The van der Waals surface area contributed by atoms with Crippen LogP contribution in [-0.2, 0) is 16.3 Å². The highest BCUT2D eigenvalue weighted by atomic mass is 35.5. The first kappa shape index (κ1) is 16.8. The van der Waals surface area contributed by atoms with Gasteiger partial charge in [0, 0.05) is 36.3 Å². The predicted octanol–water partition coefficient (Wildman–Crippen LogP) is 2.31. The maximum atomic E-state index is 12.0. The summed E-state index contributed by atoms with van der Waals surface area (Å²) in [6.07, 6.45) is 2.94. The number of halogens is 1. The van der Waals surface area contributed by atoms with E-state index in [0.29, 0.717) is 29.1 Å². The van der Waals surface area contributed by atoms with Crippen molar-refractivity contribution in [3.05, 3.63) is 16.5 Å². The highest BCUT2D eigenvalue weighted by Crippen LogP contribution is 2.30. The van der Waals surface area contributed by atoms with Crippen LogP contribution in [-0.4, -0.2) is 48.1 Å². The number of hydrogen-bond donors (Lipinski definition) is 0. The van der Waals surface area contributed by atoms with Gasteiger partial charge in [-0.3, -0.25) is 0 Å². The highest BCUT2D eigenvalue weighted by molar-refractivity contribution is 8.01. The zero-order valence-electron chi connectivity index (χ0n) is 12.5. The Morgan fingerprint density at radius 1 is 1.43 bits per heavy atom. The summed E-state index contributed by atoms with van der Waals surface area (Å²) in [6.45, 7) is 4.55. The molecule has 1 unspecified atom stereocenters. The number of aryl methyl sites for hydroxylation is 1. The summed E-state index contributed by atoms with van der Waals surface area (Å²) in [7, 11) is -3.18. The summed E-state index contributed by atoms with van der Waals surface area (Å²) in [5, 5.41) is -0.135. The average molecular weight is 350 g/mol. The fourth-order valence-electron chi connectivity index (χ4n) is 2.31. The van der Waals surface area contributed by atoms with E-state index in [2.05, 4.69) is 9.97 Å². The minimum absolute atomic E-state index is 0.411. The van der Waals surface area contributed by atoms with E-state index in [1.165, 1.54) is 6.26 Å². The molecular weight excluding hydrogens is 330 g/mol. The van der Waals surface area contributed by atoms with Crippen molar-refractivity contribution in [3.8, 4) is 0 Å². The topological polar surface area (TPSA) is 63.2 Å². The van der Waals surface area contributed by atoms with E-state index in [4.69, 9.17) is 11.6 Å². The zero-order valence-corrected chi connectivity index (χ0v) is 14.9. The Balaban J connectivity index is 2.47. The van der Waals surface area contributed by atoms with Crippen LogP contribution in [0, 0.1) is 6.92 Å². The third kappa shape index (κ3) is 3.81. The number of sulfone groups is 1. The third-order valence-electron chi connectivity index (χ3n) is 3.43. The minimum Gasteiger partial charge on any atom is -0.338 e. The molecule has 0 aromatic carbocycles. The van der Waals surface area contributed by atoms with Crippen LogP contribution in [0.3, 0.4) is 0 Å². The maximum Gasteiger partial charge on any atom is 0.169 e. The van der Waals surface area contributed by atoms with E-state index in [9.17, 15) is 8.42 Å². The Hall–Kier alpha value is -0.530. The van der Waals surface area contributed by atoms with Crippen molar-refractivity contribution in [2.45, 2.75) is 32.1 Å². The van der Waals surface area contributed by atoms with Gasteiger partial charge in [0.05, 0.1) is 0 Å². The SMILES string of the molecule is CCCc1nc(Cl)c(C)c(N2CCSCC2S(C)(=O)=O)n1. The summed E-state index contributed by atoms with van der Waals surface area (Å²) in [5.41, 5.74) is 0.747. The van der Waals surface area contributed by atoms with Gasteiger partial charge in [0.1, 0.15) is 22.2 Å². The standard InChI is InChI=1S/C13H20ClN3O2S2/c1-4-5-10-15-12(14)9(2)13(16-10)17-6-7-20-8-11(17)21(3,18)19/h11H,4-8H2,1-3H3. The lowest BCUT2D eigenvalue weighted by Gasteiger charge is -2.36. The summed E-state index contributed by atoms with van der Waals surface area (Å²) < 4.78 is 24.1. The molecule has 1 fully saturated rings. The van der Waals surface area contributed by atoms with Gasteiger partial charge in [-0.05, 0) is 13.3 Å². The van der Waals surface area contributed by atoms with Gasteiger partial charge in [-0.1, -0.05) is 18.5 Å². The van der Waals surface area contributed by atoms with Crippen LogP contribution in [0.25, 0.3) is 0 Å². The first-order valence-corrected chi connectivity index (χ1v) is 10.4. The number of nitrogens with zero attached hydrogens (tertiary/aromatic N) is 3. The smallest absolute Gasteiger partial charge is 0.169 e. The molecule has 0 saturated carbocycles. The van der Waals surface area contributed by atoms with E-state index in [1.54, 1.807) is 11.8 Å². The number of rotatable bonds is 4. The third-order valence-corrected chi connectivity index (χ3v) is 6.44. The molecule has 1 saturated heterocycles. The Labute approximate surface area is 135 Å². The molecule has 1 atom stereocenters. The summed E-state index contributed by atoms with van der Waals surface area (Å²) in [6, 6.07) is 0. The zero-order chi connectivity index (χ0) is 15.6. The summed E-state index contributed by atoms with van der Waals surface area (Å²) in [5.74, 6) is 2.78. The number of thioether (sulfide) groups is 1. The van der Waals surface area contributed by atoms with Crippen LogP contribution in [0.1, 0.15) is 24.7 Å². The first-order chi connectivity index (χ1) is 9.84. The second kappa shape index (κ2) is 6.71. The minimum atomic E-state index is -3.18. The Morgan fingerprint density at radius 2 is 2.14 bits per heavy atom. The fourth-order valence-corrected chi connectivity index (χ4v) is 5.31. The molecule has 1 aromatic rings. The monoisotopic (exact) mass is 349 g/mol. The molecule has 5 nitrogen and oxygen atoms in total. The maximum absolute atomic E-state index is 12.0. The van der Waals surface area contributed by atoms with Gasteiger partial charge in [-0.15, -0.1) is 0 Å². The molecule has 1 aliphatic rings. The van der Waals surface area contributed by atoms with Gasteiger partial charge in [-0.25, -0.2) is 18.4 Å². The molecule has 8 heteroatoms. The quantitative estimate of drug-likeness (QED) is 0.777. The molecule has 0 amide bonds. The lowest BCUT2D eigenvalue weighted by Crippen LogP contribution is -2.47. The molecule has 118 valence electrons. The lowest BCUT2D eigenvalue weighted by molar-refractivity contribution is 0.583. The van der Waals surface area contributed by atoms with Crippen LogP contribution in [0.15, 0.2) is 0 Å². The molecule has 21 heavy (non-hydrogen) atoms. The molecule has 0 N–H and O–H groups in total. The van der Waals surface area contributed by atoms with E-state index in [1.807, 2.05) is 18.7 Å². The van der Waals surface area contributed by atoms with Gasteiger partial charge in [0.15, 0.2) is 9.84 Å². The molecule has 0 bridgehead atoms. The number of anilines is 1. The molecule has 0 radical (unpaired) electrons. The molecule has 2 rings (SSSR count). The van der Waals surface area contributed by atoms with E-state index in [0.717, 1.165) is 24.2 Å². The van der Waals surface area contributed by atoms with Crippen molar-refractivity contribution in [2.75, 3.05) is 29.2 Å². The van der Waals surface area contributed by atoms with E-state index >= 15 is 0 Å². The van der Waals surface area contributed by atoms with Crippen molar-refractivity contribution < 1.29 is 8.42 Å². The van der Waals surface area contributed by atoms with Gasteiger partial charge < -0.3 is 4.90 Å². The summed E-state index contributed by atoms with van der Waals surface area (Å²) in [4.78, 5) is 10.7. The molecule has 1 aromatic heterocycles. The van der Waals surface area contributed by atoms with Crippen molar-refractivity contribution in [3.63, 3.8) is 0 Å². The van der Waals surface area contributed by atoms with E-state index < -0.39 is 15.2 Å². The van der Waals surface area contributed by atoms with Crippen molar-refractivity contribution in [1.82, 2.24) is 9.97 Å². The summed E-state index contributed by atoms with van der Waals surface area (Å²) >= 11 is 7.86. The van der Waals surface area contributed by atoms with Gasteiger partial charge >= 0.3 is 0 Å². The normalized spacial score (nSPS) is 19.8. The molecule has 1 aliphatic heterocycles. The van der Waals surface area contributed by atoms with Gasteiger partial charge in [0.25, 0.3) is 0 Å².